The molecule has 1 aromatic carbocycles. The van der Waals surface area contributed by atoms with Gasteiger partial charge in [0.05, 0.1) is 11.7 Å². The number of carbonyl (C=O) groups excluding carboxylic acids is 1. The quantitative estimate of drug-likeness (QED) is 0.887. The Morgan fingerprint density at radius 1 is 1.50 bits per heavy atom. The summed E-state index contributed by atoms with van der Waals surface area (Å²) in [5, 5.41) is 12.4. The molecule has 1 fully saturated rings. The normalized spacial score (nSPS) is 23.1. The van der Waals surface area contributed by atoms with Gasteiger partial charge in [-0.25, -0.2) is 4.39 Å². The Labute approximate surface area is 110 Å². The molecule has 1 aliphatic carbocycles. The Hall–Kier alpha value is -1.13. The van der Waals surface area contributed by atoms with Gasteiger partial charge in [-0.05, 0) is 43.4 Å². The van der Waals surface area contributed by atoms with Crippen LogP contribution in [0.3, 0.4) is 0 Å². The lowest BCUT2D eigenvalue weighted by Crippen LogP contribution is -2.29. The molecule has 5 heteroatoms. The summed E-state index contributed by atoms with van der Waals surface area (Å²) in [5.41, 5.74) is -0.0407. The fourth-order valence-corrected chi connectivity index (χ4v) is 2.41. The number of hydrogen-bond donors (Lipinski definition) is 2. The average molecular weight is 272 g/mol. The standard InChI is InChI=1S/C13H15ClFNO2/c14-9-2-4-12(15)11(6-9)13(18)16-7-8-1-3-10(17)5-8/h2,4,6,8,10,17H,1,3,5,7H2,(H,16,18). The van der Waals surface area contributed by atoms with Crippen LogP contribution in [0.25, 0.3) is 0 Å². The molecular formula is C13H15ClFNO2. The molecule has 0 heterocycles. The number of amides is 1. The van der Waals surface area contributed by atoms with Crippen molar-refractivity contribution < 1.29 is 14.3 Å². The third kappa shape index (κ3) is 3.21. The summed E-state index contributed by atoms with van der Waals surface area (Å²) in [5.74, 6) is -0.772. The monoisotopic (exact) mass is 271 g/mol. The largest absolute Gasteiger partial charge is 0.393 e. The average Bonchev–Trinajstić information content (AvgIpc) is 2.75. The highest BCUT2D eigenvalue weighted by Crippen LogP contribution is 2.24. The number of aliphatic hydroxyl groups excluding tert-OH is 1. The second-order valence-electron chi connectivity index (χ2n) is 4.67. The van der Waals surface area contributed by atoms with Gasteiger partial charge < -0.3 is 10.4 Å². The molecule has 0 bridgehead atoms. The van der Waals surface area contributed by atoms with E-state index >= 15 is 0 Å². The molecule has 0 aromatic heterocycles. The second-order valence-corrected chi connectivity index (χ2v) is 5.10. The SMILES string of the molecule is O=C(NCC1CCC(O)C1)c1cc(Cl)ccc1F. The highest BCUT2D eigenvalue weighted by atomic mass is 35.5. The van der Waals surface area contributed by atoms with Gasteiger partial charge in [-0.15, -0.1) is 0 Å². The number of hydrogen-bond acceptors (Lipinski definition) is 2. The van der Waals surface area contributed by atoms with E-state index in [1.165, 1.54) is 18.2 Å². The van der Waals surface area contributed by atoms with Crippen LogP contribution >= 0.6 is 11.6 Å². The number of halogens is 2. The minimum absolute atomic E-state index is 0.0407. The van der Waals surface area contributed by atoms with E-state index in [4.69, 9.17) is 11.6 Å². The molecule has 1 amide bonds. The molecule has 1 saturated carbocycles. The number of carbonyl (C=O) groups is 1. The van der Waals surface area contributed by atoms with Crippen molar-refractivity contribution in [3.63, 3.8) is 0 Å². The summed E-state index contributed by atoms with van der Waals surface area (Å²) in [7, 11) is 0. The lowest BCUT2D eigenvalue weighted by Gasteiger charge is -2.11. The minimum Gasteiger partial charge on any atom is -0.393 e. The minimum atomic E-state index is -0.580. The third-order valence-electron chi connectivity index (χ3n) is 3.24. The molecular weight excluding hydrogens is 257 g/mol. The molecule has 98 valence electrons. The first kappa shape index (κ1) is 13.3. The number of rotatable bonds is 3. The van der Waals surface area contributed by atoms with E-state index in [0.717, 1.165) is 12.8 Å². The molecule has 0 radical (unpaired) electrons. The fourth-order valence-electron chi connectivity index (χ4n) is 2.24. The van der Waals surface area contributed by atoms with E-state index in [0.29, 0.717) is 18.0 Å². The Morgan fingerprint density at radius 3 is 2.94 bits per heavy atom. The summed E-state index contributed by atoms with van der Waals surface area (Å²) in [4.78, 5) is 11.8. The van der Waals surface area contributed by atoms with E-state index in [-0.39, 0.29) is 17.6 Å². The van der Waals surface area contributed by atoms with E-state index < -0.39 is 11.7 Å². The predicted molar refractivity (Wildman–Crippen MR) is 67.1 cm³/mol. The van der Waals surface area contributed by atoms with Crippen molar-refractivity contribution in [2.45, 2.75) is 25.4 Å². The van der Waals surface area contributed by atoms with Crippen LogP contribution in [0.2, 0.25) is 5.02 Å². The zero-order valence-corrected chi connectivity index (χ0v) is 10.6. The maximum absolute atomic E-state index is 13.4. The van der Waals surface area contributed by atoms with Crippen molar-refractivity contribution in [2.75, 3.05) is 6.54 Å². The molecule has 18 heavy (non-hydrogen) atoms. The lowest BCUT2D eigenvalue weighted by molar-refractivity contribution is 0.0941. The summed E-state index contributed by atoms with van der Waals surface area (Å²) >= 11 is 5.73. The van der Waals surface area contributed by atoms with Crippen molar-refractivity contribution in [1.29, 1.82) is 0 Å². The van der Waals surface area contributed by atoms with E-state index in [1.54, 1.807) is 0 Å². The highest BCUT2D eigenvalue weighted by molar-refractivity contribution is 6.30. The maximum atomic E-state index is 13.4. The zero-order chi connectivity index (χ0) is 13.1. The van der Waals surface area contributed by atoms with Gasteiger partial charge in [0.2, 0.25) is 0 Å². The number of aliphatic hydroxyl groups is 1. The molecule has 3 nitrogen and oxygen atoms in total. The molecule has 0 saturated heterocycles. The highest BCUT2D eigenvalue weighted by Gasteiger charge is 2.23. The van der Waals surface area contributed by atoms with E-state index in [1.807, 2.05) is 0 Å². The molecule has 2 N–H and O–H groups in total. The van der Waals surface area contributed by atoms with Crippen molar-refractivity contribution in [1.82, 2.24) is 5.32 Å². The molecule has 2 unspecified atom stereocenters. The van der Waals surface area contributed by atoms with Crippen LogP contribution in [0.15, 0.2) is 18.2 Å². The lowest BCUT2D eigenvalue weighted by atomic mass is 10.1. The van der Waals surface area contributed by atoms with Crippen molar-refractivity contribution in [3.05, 3.63) is 34.6 Å². The Morgan fingerprint density at radius 2 is 2.28 bits per heavy atom. The van der Waals surface area contributed by atoms with Gasteiger partial charge in [-0.1, -0.05) is 11.6 Å². The topological polar surface area (TPSA) is 49.3 Å². The van der Waals surface area contributed by atoms with Gasteiger partial charge in [0.25, 0.3) is 5.91 Å². The first-order valence-corrected chi connectivity index (χ1v) is 6.35. The van der Waals surface area contributed by atoms with Crippen LogP contribution in [0.5, 0.6) is 0 Å². The molecule has 0 spiro atoms. The molecule has 2 rings (SSSR count). The summed E-state index contributed by atoms with van der Waals surface area (Å²) in [6, 6.07) is 3.90. The Kier molecular flexibility index (Phi) is 4.19. The first-order valence-electron chi connectivity index (χ1n) is 5.97. The molecule has 1 aliphatic rings. The third-order valence-corrected chi connectivity index (χ3v) is 3.47. The van der Waals surface area contributed by atoms with Gasteiger partial charge in [0.15, 0.2) is 0 Å². The van der Waals surface area contributed by atoms with Crippen LogP contribution in [0.1, 0.15) is 29.6 Å². The smallest absolute Gasteiger partial charge is 0.254 e. The van der Waals surface area contributed by atoms with Crippen LogP contribution in [-0.4, -0.2) is 23.7 Å². The summed E-state index contributed by atoms with van der Waals surface area (Å²) < 4.78 is 13.4. The summed E-state index contributed by atoms with van der Waals surface area (Å²) in [6.07, 6.45) is 2.08. The van der Waals surface area contributed by atoms with Crippen LogP contribution in [0.4, 0.5) is 4.39 Å². The van der Waals surface area contributed by atoms with Crippen molar-refractivity contribution >= 4 is 17.5 Å². The molecule has 1 aromatic rings. The number of benzene rings is 1. The summed E-state index contributed by atoms with van der Waals surface area (Å²) in [6.45, 7) is 0.460. The number of nitrogens with one attached hydrogen (secondary N) is 1. The predicted octanol–water partition coefficient (Wildman–Crippen LogP) is 2.37. The van der Waals surface area contributed by atoms with E-state index in [9.17, 15) is 14.3 Å². The van der Waals surface area contributed by atoms with Gasteiger partial charge in [-0.2, -0.15) is 0 Å². The Balaban J connectivity index is 1.93. The van der Waals surface area contributed by atoms with Crippen LogP contribution in [-0.2, 0) is 0 Å². The van der Waals surface area contributed by atoms with Crippen molar-refractivity contribution in [2.24, 2.45) is 5.92 Å². The zero-order valence-electron chi connectivity index (χ0n) is 9.83. The first-order chi connectivity index (χ1) is 8.56. The molecule has 0 aliphatic heterocycles. The van der Waals surface area contributed by atoms with Gasteiger partial charge in [-0.3, -0.25) is 4.79 Å². The Bertz CT molecular complexity index is 453. The van der Waals surface area contributed by atoms with Crippen LogP contribution < -0.4 is 5.32 Å². The van der Waals surface area contributed by atoms with Gasteiger partial charge in [0.1, 0.15) is 5.82 Å². The van der Waals surface area contributed by atoms with E-state index in [2.05, 4.69) is 5.32 Å². The second kappa shape index (κ2) is 5.67. The van der Waals surface area contributed by atoms with Gasteiger partial charge in [0, 0.05) is 11.6 Å². The maximum Gasteiger partial charge on any atom is 0.254 e. The van der Waals surface area contributed by atoms with Crippen molar-refractivity contribution in [3.8, 4) is 0 Å². The molecule has 2 atom stereocenters. The van der Waals surface area contributed by atoms with Crippen LogP contribution in [0, 0.1) is 11.7 Å². The fraction of sp³-hybridized carbons (Fsp3) is 0.462. The van der Waals surface area contributed by atoms with Gasteiger partial charge >= 0.3 is 0 Å².